The maximum Gasteiger partial charge on any atom is 0.125 e. The van der Waals surface area contributed by atoms with Crippen LogP contribution >= 0.6 is 0 Å². The van der Waals surface area contributed by atoms with Crippen LogP contribution in [0.15, 0.2) is 18.2 Å². The molecule has 1 fully saturated rings. The van der Waals surface area contributed by atoms with E-state index in [2.05, 4.69) is 32.0 Å². The summed E-state index contributed by atoms with van der Waals surface area (Å²) in [7, 11) is 0. The SMILES string of the molecule is CCC(N)Cc1cccc(C)c1OCC1CCCCO1. The van der Waals surface area contributed by atoms with Crippen LogP contribution in [0, 0.1) is 6.92 Å². The van der Waals surface area contributed by atoms with Gasteiger partial charge in [0, 0.05) is 12.6 Å². The zero-order valence-electron chi connectivity index (χ0n) is 12.7. The highest BCUT2D eigenvalue weighted by Crippen LogP contribution is 2.26. The van der Waals surface area contributed by atoms with E-state index in [-0.39, 0.29) is 12.1 Å². The van der Waals surface area contributed by atoms with Crippen LogP contribution in [0.25, 0.3) is 0 Å². The van der Waals surface area contributed by atoms with Crippen LogP contribution in [0.1, 0.15) is 43.7 Å². The molecule has 0 radical (unpaired) electrons. The third-order valence-electron chi connectivity index (χ3n) is 3.99. The van der Waals surface area contributed by atoms with Crippen LogP contribution in [-0.2, 0) is 11.2 Å². The number of hydrogen-bond acceptors (Lipinski definition) is 3. The summed E-state index contributed by atoms with van der Waals surface area (Å²) < 4.78 is 11.8. The van der Waals surface area contributed by atoms with E-state index in [9.17, 15) is 0 Å². The maximum atomic E-state index is 6.08. The van der Waals surface area contributed by atoms with Crippen molar-refractivity contribution in [2.45, 2.75) is 58.1 Å². The van der Waals surface area contributed by atoms with Crippen LogP contribution in [0.3, 0.4) is 0 Å². The number of rotatable bonds is 6. The van der Waals surface area contributed by atoms with E-state index in [1.54, 1.807) is 0 Å². The molecule has 1 aromatic carbocycles. The summed E-state index contributed by atoms with van der Waals surface area (Å²) in [5.74, 6) is 1.01. The summed E-state index contributed by atoms with van der Waals surface area (Å²) >= 11 is 0. The minimum absolute atomic E-state index is 0.199. The van der Waals surface area contributed by atoms with Gasteiger partial charge in [-0.2, -0.15) is 0 Å². The second-order valence-corrected chi connectivity index (χ2v) is 5.74. The molecule has 0 saturated carbocycles. The van der Waals surface area contributed by atoms with Gasteiger partial charge in [0.25, 0.3) is 0 Å². The van der Waals surface area contributed by atoms with Gasteiger partial charge >= 0.3 is 0 Å². The van der Waals surface area contributed by atoms with Gasteiger partial charge in [0.2, 0.25) is 0 Å². The summed E-state index contributed by atoms with van der Waals surface area (Å²) in [6.45, 7) is 5.74. The normalized spacial score (nSPS) is 20.6. The molecular formula is C17H27NO2. The highest BCUT2D eigenvalue weighted by atomic mass is 16.5. The van der Waals surface area contributed by atoms with Crippen LogP contribution in [0.4, 0.5) is 0 Å². The first-order valence-corrected chi connectivity index (χ1v) is 7.79. The third kappa shape index (κ3) is 4.22. The fourth-order valence-corrected chi connectivity index (χ4v) is 2.62. The van der Waals surface area contributed by atoms with Crippen molar-refractivity contribution in [3.8, 4) is 5.75 Å². The van der Waals surface area contributed by atoms with Crippen molar-refractivity contribution in [2.75, 3.05) is 13.2 Å². The minimum Gasteiger partial charge on any atom is -0.490 e. The molecule has 20 heavy (non-hydrogen) atoms. The largest absolute Gasteiger partial charge is 0.490 e. The van der Waals surface area contributed by atoms with Crippen molar-refractivity contribution in [2.24, 2.45) is 5.73 Å². The smallest absolute Gasteiger partial charge is 0.125 e. The summed E-state index contributed by atoms with van der Waals surface area (Å²) in [5.41, 5.74) is 8.48. The van der Waals surface area contributed by atoms with E-state index < -0.39 is 0 Å². The van der Waals surface area contributed by atoms with E-state index in [4.69, 9.17) is 15.2 Å². The third-order valence-corrected chi connectivity index (χ3v) is 3.99. The van der Waals surface area contributed by atoms with Gasteiger partial charge < -0.3 is 15.2 Å². The van der Waals surface area contributed by atoms with Crippen molar-refractivity contribution in [3.63, 3.8) is 0 Å². The number of ether oxygens (including phenoxy) is 2. The fraction of sp³-hybridized carbons (Fsp3) is 0.647. The van der Waals surface area contributed by atoms with Gasteiger partial charge in [0.15, 0.2) is 0 Å². The van der Waals surface area contributed by atoms with E-state index in [1.807, 2.05) is 0 Å². The van der Waals surface area contributed by atoms with Crippen molar-refractivity contribution >= 4 is 0 Å². The number of benzene rings is 1. The number of hydrogen-bond donors (Lipinski definition) is 1. The highest BCUT2D eigenvalue weighted by molar-refractivity contribution is 5.41. The van der Waals surface area contributed by atoms with Gasteiger partial charge in [-0.05, 0) is 50.2 Å². The second kappa shape index (κ2) is 7.65. The van der Waals surface area contributed by atoms with Gasteiger partial charge in [-0.15, -0.1) is 0 Å². The average molecular weight is 277 g/mol. The maximum absolute atomic E-state index is 6.08. The van der Waals surface area contributed by atoms with Crippen LogP contribution < -0.4 is 10.5 Å². The molecule has 0 bridgehead atoms. The zero-order chi connectivity index (χ0) is 14.4. The molecule has 2 atom stereocenters. The van der Waals surface area contributed by atoms with Gasteiger partial charge in [0.05, 0.1) is 6.10 Å². The summed E-state index contributed by atoms with van der Waals surface area (Å²) in [6, 6.07) is 6.50. The van der Waals surface area contributed by atoms with Crippen molar-refractivity contribution in [1.82, 2.24) is 0 Å². The minimum atomic E-state index is 0.199. The van der Waals surface area contributed by atoms with E-state index in [1.165, 1.54) is 24.0 Å². The molecule has 2 unspecified atom stereocenters. The summed E-state index contributed by atoms with van der Waals surface area (Å²) in [4.78, 5) is 0. The van der Waals surface area contributed by atoms with Crippen LogP contribution in [0.2, 0.25) is 0 Å². The molecule has 2 N–H and O–H groups in total. The lowest BCUT2D eigenvalue weighted by Gasteiger charge is -2.24. The Morgan fingerprint density at radius 1 is 1.40 bits per heavy atom. The molecule has 0 spiro atoms. The van der Waals surface area contributed by atoms with E-state index in [0.29, 0.717) is 6.61 Å². The molecule has 0 amide bonds. The Hall–Kier alpha value is -1.06. The first-order valence-electron chi connectivity index (χ1n) is 7.79. The number of para-hydroxylation sites is 1. The standard InChI is InChI=1S/C17H27NO2/c1-3-15(18)11-14-8-6-7-13(2)17(14)20-12-16-9-4-5-10-19-16/h6-8,15-16H,3-5,9-12,18H2,1-2H3. The molecule has 3 nitrogen and oxygen atoms in total. The molecule has 2 rings (SSSR count). The number of nitrogens with two attached hydrogens (primary N) is 1. The molecule has 1 aliphatic rings. The van der Waals surface area contributed by atoms with E-state index >= 15 is 0 Å². The second-order valence-electron chi connectivity index (χ2n) is 5.74. The van der Waals surface area contributed by atoms with Gasteiger partial charge in [-0.3, -0.25) is 0 Å². The molecule has 1 saturated heterocycles. The topological polar surface area (TPSA) is 44.5 Å². The Kier molecular flexibility index (Phi) is 5.86. The van der Waals surface area contributed by atoms with Crippen molar-refractivity contribution in [3.05, 3.63) is 29.3 Å². The zero-order valence-corrected chi connectivity index (χ0v) is 12.7. The molecule has 1 heterocycles. The van der Waals surface area contributed by atoms with Gasteiger partial charge in [-0.25, -0.2) is 0 Å². The fourth-order valence-electron chi connectivity index (χ4n) is 2.62. The molecule has 1 aromatic rings. The van der Waals surface area contributed by atoms with Crippen molar-refractivity contribution in [1.29, 1.82) is 0 Å². The monoisotopic (exact) mass is 277 g/mol. The lowest BCUT2D eigenvalue weighted by atomic mass is 10.0. The Bertz CT molecular complexity index is 413. The molecule has 3 heteroatoms. The molecule has 1 aliphatic heterocycles. The van der Waals surface area contributed by atoms with Crippen molar-refractivity contribution < 1.29 is 9.47 Å². The Morgan fingerprint density at radius 2 is 2.25 bits per heavy atom. The van der Waals surface area contributed by atoms with Crippen LogP contribution in [0.5, 0.6) is 5.75 Å². The predicted octanol–water partition coefficient (Wildman–Crippen LogP) is 3.22. The van der Waals surface area contributed by atoms with Crippen LogP contribution in [-0.4, -0.2) is 25.4 Å². The quantitative estimate of drug-likeness (QED) is 0.868. The predicted molar refractivity (Wildman–Crippen MR) is 82.2 cm³/mol. The molecule has 0 aromatic heterocycles. The number of aryl methyl sites for hydroxylation is 1. The van der Waals surface area contributed by atoms with Gasteiger partial charge in [-0.1, -0.05) is 25.1 Å². The first kappa shape index (κ1) is 15.3. The lowest BCUT2D eigenvalue weighted by molar-refractivity contribution is -0.0113. The lowest BCUT2D eigenvalue weighted by Crippen LogP contribution is -2.27. The molecular weight excluding hydrogens is 250 g/mol. The first-order chi connectivity index (χ1) is 9.70. The van der Waals surface area contributed by atoms with Gasteiger partial charge in [0.1, 0.15) is 12.4 Å². The molecule has 0 aliphatic carbocycles. The van der Waals surface area contributed by atoms with E-state index in [0.717, 1.165) is 31.6 Å². The molecule has 112 valence electrons. The summed E-state index contributed by atoms with van der Waals surface area (Å²) in [6.07, 6.45) is 5.64. The average Bonchev–Trinajstić information content (AvgIpc) is 2.47. The highest BCUT2D eigenvalue weighted by Gasteiger charge is 2.16. The Labute approximate surface area is 122 Å². The Balaban J connectivity index is 2.01. The Morgan fingerprint density at radius 3 is 2.95 bits per heavy atom. The summed E-state index contributed by atoms with van der Waals surface area (Å²) in [5, 5.41) is 0.